The third-order valence-electron chi connectivity index (χ3n) is 2.69. The molecule has 8 nitrogen and oxygen atoms in total. The summed E-state index contributed by atoms with van der Waals surface area (Å²) in [6, 6.07) is -0.988. The average molecular weight is 345 g/mol. The molecule has 9 heteroatoms. The largest absolute Gasteiger partial charge is 0.464 e. The van der Waals surface area contributed by atoms with E-state index in [4.69, 9.17) is 9.47 Å². The van der Waals surface area contributed by atoms with Gasteiger partial charge in [-0.15, -0.1) is 11.8 Å². The summed E-state index contributed by atoms with van der Waals surface area (Å²) in [7, 11) is 0. The zero-order valence-corrected chi connectivity index (χ0v) is 14.0. The molecule has 1 fully saturated rings. The van der Waals surface area contributed by atoms with Crippen LogP contribution in [-0.2, 0) is 33.4 Å². The van der Waals surface area contributed by atoms with Crippen LogP contribution in [0.25, 0.3) is 0 Å². The van der Waals surface area contributed by atoms with Crippen LogP contribution in [0, 0.1) is 0 Å². The van der Waals surface area contributed by atoms with E-state index in [0.717, 1.165) is 22.7 Å². The molecule has 1 heterocycles. The Balaban J connectivity index is 3.06. The quantitative estimate of drug-likeness (QED) is 0.307. The van der Waals surface area contributed by atoms with E-state index in [1.54, 1.807) is 20.8 Å². The highest BCUT2D eigenvalue weighted by Crippen LogP contribution is 2.33. The Bertz CT molecular complexity index is 517. The highest BCUT2D eigenvalue weighted by molar-refractivity contribution is 8.03. The van der Waals surface area contributed by atoms with Crippen molar-refractivity contribution in [1.29, 1.82) is 0 Å². The van der Waals surface area contributed by atoms with Gasteiger partial charge in [-0.25, -0.2) is 14.4 Å². The summed E-state index contributed by atoms with van der Waals surface area (Å²) in [5.41, 5.74) is 0. The molecule has 0 spiro atoms. The average Bonchev–Trinajstić information content (AvgIpc) is 2.90. The van der Waals surface area contributed by atoms with E-state index in [1.807, 2.05) is 0 Å². The van der Waals surface area contributed by atoms with Crippen LogP contribution in [0.3, 0.4) is 0 Å². The molecular formula is C14H19NO7S. The van der Waals surface area contributed by atoms with Crippen molar-refractivity contribution in [2.75, 3.05) is 25.6 Å². The number of rotatable bonds is 5. The number of carbonyl (C=O) groups is 4. The summed E-state index contributed by atoms with van der Waals surface area (Å²) in [5, 5.41) is 0.152. The summed E-state index contributed by atoms with van der Waals surface area (Å²) in [5.74, 6) is -3.26. The fraction of sp³-hybridized carbons (Fsp3) is 0.571. The topological polar surface area (TPSA) is 99.2 Å². The van der Waals surface area contributed by atoms with E-state index in [9.17, 15) is 19.2 Å². The van der Waals surface area contributed by atoms with Gasteiger partial charge in [-0.1, -0.05) is 0 Å². The van der Waals surface area contributed by atoms with Crippen LogP contribution in [0.4, 0.5) is 0 Å². The first kappa shape index (κ1) is 19.0. The summed E-state index contributed by atoms with van der Waals surface area (Å²) < 4.78 is 14.4. The molecule has 0 N–H and O–H groups in total. The Kier molecular flexibility index (Phi) is 7.60. The maximum absolute atomic E-state index is 12.2. The molecule has 0 bridgehead atoms. The van der Waals surface area contributed by atoms with Crippen LogP contribution in [0.15, 0.2) is 11.1 Å². The molecule has 1 rings (SSSR count). The van der Waals surface area contributed by atoms with E-state index in [0.29, 0.717) is 0 Å². The Morgan fingerprint density at radius 2 is 1.70 bits per heavy atom. The highest BCUT2D eigenvalue weighted by atomic mass is 32.2. The van der Waals surface area contributed by atoms with Crippen molar-refractivity contribution in [2.24, 2.45) is 0 Å². The van der Waals surface area contributed by atoms with Crippen molar-refractivity contribution in [1.82, 2.24) is 4.90 Å². The number of esters is 3. The van der Waals surface area contributed by atoms with Gasteiger partial charge >= 0.3 is 23.8 Å². The smallest absolute Gasteiger partial charge is 0.397 e. The van der Waals surface area contributed by atoms with Gasteiger partial charge in [0, 0.05) is 5.75 Å². The van der Waals surface area contributed by atoms with Gasteiger partial charge in [0.1, 0.15) is 6.04 Å². The minimum atomic E-state index is -1.10. The number of hydrogen-bond donors (Lipinski definition) is 0. The summed E-state index contributed by atoms with van der Waals surface area (Å²) in [6.45, 7) is 5.15. The van der Waals surface area contributed by atoms with Gasteiger partial charge in [0.05, 0.1) is 30.9 Å². The number of thioether (sulfide) groups is 1. The van der Waals surface area contributed by atoms with E-state index >= 15 is 0 Å². The summed E-state index contributed by atoms with van der Waals surface area (Å²) in [6.07, 6.45) is 1.07. The van der Waals surface area contributed by atoms with Crippen molar-refractivity contribution < 1.29 is 33.4 Å². The molecule has 0 saturated carbocycles. The number of hydrogen-bond acceptors (Lipinski definition) is 8. The second-order valence-corrected chi connectivity index (χ2v) is 5.25. The third-order valence-corrected chi connectivity index (χ3v) is 3.79. The summed E-state index contributed by atoms with van der Waals surface area (Å²) >= 11 is 1.09. The molecule has 0 aromatic rings. The number of nitrogens with zero attached hydrogens (tertiary/aromatic N) is 1. The fourth-order valence-electron chi connectivity index (χ4n) is 1.80. The van der Waals surface area contributed by atoms with Gasteiger partial charge in [0.25, 0.3) is 0 Å². The molecule has 1 aliphatic heterocycles. The van der Waals surface area contributed by atoms with E-state index in [1.165, 1.54) is 0 Å². The Morgan fingerprint density at radius 3 is 2.26 bits per heavy atom. The van der Waals surface area contributed by atoms with Gasteiger partial charge in [0.15, 0.2) is 0 Å². The maximum Gasteiger partial charge on any atom is 0.397 e. The lowest BCUT2D eigenvalue weighted by Gasteiger charge is -2.22. The molecule has 128 valence electrons. The van der Waals surface area contributed by atoms with Crippen LogP contribution in [0.2, 0.25) is 0 Å². The third kappa shape index (κ3) is 4.98. The molecule has 1 atom stereocenters. The number of amides is 1. The van der Waals surface area contributed by atoms with E-state index in [2.05, 4.69) is 4.74 Å². The van der Waals surface area contributed by atoms with Crippen LogP contribution in [-0.4, -0.2) is 60.3 Å². The fourth-order valence-corrected chi connectivity index (χ4v) is 2.95. The minimum Gasteiger partial charge on any atom is -0.464 e. The second kappa shape index (κ2) is 9.19. The molecule has 23 heavy (non-hydrogen) atoms. The van der Waals surface area contributed by atoms with Gasteiger partial charge in [-0.2, -0.15) is 0 Å². The number of carbonyl (C=O) groups excluding carboxylic acids is 4. The standard InChI is InChI=1S/C14H19NO7S/c1-4-20-11(16)7-10-15(12(17)14(19)22-6-3)9(8-23-10)13(18)21-5-2/h7,9H,4-6,8H2,1-3H3/b10-7+. The van der Waals surface area contributed by atoms with Crippen molar-refractivity contribution in [3.8, 4) is 0 Å². The van der Waals surface area contributed by atoms with Crippen molar-refractivity contribution in [2.45, 2.75) is 26.8 Å². The monoisotopic (exact) mass is 345 g/mol. The Hall–Kier alpha value is -2.03. The van der Waals surface area contributed by atoms with Crippen LogP contribution < -0.4 is 0 Å². The Labute approximate surface area is 138 Å². The molecule has 0 radical (unpaired) electrons. The highest BCUT2D eigenvalue weighted by Gasteiger charge is 2.42. The first-order valence-corrected chi connectivity index (χ1v) is 8.12. The molecule has 1 aliphatic rings. The first-order valence-electron chi connectivity index (χ1n) is 7.14. The second-order valence-electron chi connectivity index (χ2n) is 4.21. The zero-order chi connectivity index (χ0) is 17.4. The van der Waals surface area contributed by atoms with Crippen molar-refractivity contribution >= 4 is 35.6 Å². The zero-order valence-electron chi connectivity index (χ0n) is 13.2. The molecule has 1 amide bonds. The molecule has 1 unspecified atom stereocenters. The van der Waals surface area contributed by atoms with Crippen molar-refractivity contribution in [3.05, 3.63) is 11.1 Å². The Morgan fingerprint density at radius 1 is 1.09 bits per heavy atom. The predicted octanol–water partition coefficient (Wildman–Crippen LogP) is 0.461. The SMILES string of the molecule is CCOC(=O)/C=C1/SCC(C(=O)OCC)N1C(=O)C(=O)OCC. The molecule has 0 aliphatic carbocycles. The number of ether oxygens (including phenoxy) is 3. The van der Waals surface area contributed by atoms with Crippen LogP contribution in [0.5, 0.6) is 0 Å². The lowest BCUT2D eigenvalue weighted by atomic mass is 10.3. The van der Waals surface area contributed by atoms with Crippen LogP contribution in [0.1, 0.15) is 20.8 Å². The minimum absolute atomic E-state index is 0.0204. The normalized spacial score (nSPS) is 18.7. The molecular weight excluding hydrogens is 326 g/mol. The molecule has 0 aromatic carbocycles. The van der Waals surface area contributed by atoms with Gasteiger partial charge < -0.3 is 14.2 Å². The van der Waals surface area contributed by atoms with Gasteiger partial charge in [0.2, 0.25) is 0 Å². The maximum atomic E-state index is 12.2. The van der Waals surface area contributed by atoms with E-state index in [-0.39, 0.29) is 30.6 Å². The molecule has 1 saturated heterocycles. The first-order chi connectivity index (χ1) is 11.0. The summed E-state index contributed by atoms with van der Waals surface area (Å²) in [4.78, 5) is 48.4. The van der Waals surface area contributed by atoms with Crippen molar-refractivity contribution in [3.63, 3.8) is 0 Å². The lowest BCUT2D eigenvalue weighted by Crippen LogP contribution is -2.45. The van der Waals surface area contributed by atoms with Crippen LogP contribution >= 0.6 is 11.8 Å². The molecule has 0 aromatic heterocycles. The van der Waals surface area contributed by atoms with Gasteiger partial charge in [-0.05, 0) is 20.8 Å². The lowest BCUT2D eigenvalue weighted by molar-refractivity contribution is -0.162. The predicted molar refractivity (Wildman–Crippen MR) is 81.1 cm³/mol. The van der Waals surface area contributed by atoms with E-state index < -0.39 is 29.9 Å². The van der Waals surface area contributed by atoms with Gasteiger partial charge in [-0.3, -0.25) is 9.69 Å².